The van der Waals surface area contributed by atoms with Gasteiger partial charge in [0.05, 0.1) is 0 Å². The Morgan fingerprint density at radius 2 is 1.53 bits per heavy atom. The van der Waals surface area contributed by atoms with E-state index in [9.17, 15) is 4.79 Å². The van der Waals surface area contributed by atoms with Gasteiger partial charge in [0.2, 0.25) is 5.91 Å². The van der Waals surface area contributed by atoms with Gasteiger partial charge in [-0.2, -0.15) is 0 Å². The van der Waals surface area contributed by atoms with Gasteiger partial charge in [0, 0.05) is 18.7 Å². The van der Waals surface area contributed by atoms with Crippen molar-refractivity contribution in [3.05, 3.63) is 12.2 Å². The Morgan fingerprint density at radius 1 is 1.06 bits per heavy atom. The van der Waals surface area contributed by atoms with Gasteiger partial charge < -0.3 is 4.90 Å². The molecule has 0 N–H and O–H groups in total. The summed E-state index contributed by atoms with van der Waals surface area (Å²) in [5.74, 6) is 3.66. The molecule has 2 heteroatoms. The molecule has 4 rings (SSSR count). The van der Waals surface area contributed by atoms with E-state index in [1.54, 1.807) is 0 Å². The summed E-state index contributed by atoms with van der Waals surface area (Å²) in [4.78, 5) is 14.1. The first kappa shape index (κ1) is 11.3. The lowest BCUT2D eigenvalue weighted by molar-refractivity contribution is -0.136. The molecule has 0 spiro atoms. The minimum absolute atomic E-state index is 0.155. The van der Waals surface area contributed by atoms with E-state index in [2.05, 4.69) is 6.58 Å². The van der Waals surface area contributed by atoms with Crippen LogP contribution in [-0.2, 0) is 4.79 Å². The van der Waals surface area contributed by atoms with E-state index >= 15 is 0 Å². The van der Waals surface area contributed by atoms with Crippen molar-refractivity contribution in [3.8, 4) is 0 Å². The Labute approximate surface area is 104 Å². The van der Waals surface area contributed by atoms with Crippen molar-refractivity contribution >= 4 is 5.91 Å². The van der Waals surface area contributed by atoms with Crippen molar-refractivity contribution in [1.82, 2.24) is 4.90 Å². The van der Waals surface area contributed by atoms with E-state index in [4.69, 9.17) is 0 Å². The molecule has 0 aliphatic heterocycles. The normalized spacial score (nSPS) is 42.6. The number of carbonyl (C=O) groups is 1. The number of amides is 1. The Bertz CT molecular complexity index is 332. The van der Waals surface area contributed by atoms with Crippen LogP contribution >= 0.6 is 0 Å². The van der Waals surface area contributed by atoms with Gasteiger partial charge in [0.15, 0.2) is 0 Å². The minimum atomic E-state index is 0.155. The topological polar surface area (TPSA) is 20.3 Å². The Balaban J connectivity index is 1.80. The quantitative estimate of drug-likeness (QED) is 0.672. The van der Waals surface area contributed by atoms with Gasteiger partial charge in [-0.25, -0.2) is 0 Å². The van der Waals surface area contributed by atoms with E-state index in [0.717, 1.165) is 23.7 Å². The molecule has 0 unspecified atom stereocenters. The van der Waals surface area contributed by atoms with Crippen LogP contribution in [0.15, 0.2) is 12.2 Å². The first-order chi connectivity index (χ1) is 8.06. The van der Waals surface area contributed by atoms with Gasteiger partial charge in [0.25, 0.3) is 0 Å². The highest BCUT2D eigenvalue weighted by Crippen LogP contribution is 2.55. The molecule has 0 atom stereocenters. The molecule has 2 nitrogen and oxygen atoms in total. The zero-order valence-corrected chi connectivity index (χ0v) is 11.0. The zero-order valence-electron chi connectivity index (χ0n) is 11.0. The molecule has 17 heavy (non-hydrogen) atoms. The first-order valence-electron chi connectivity index (χ1n) is 6.99. The van der Waals surface area contributed by atoms with Gasteiger partial charge in [-0.05, 0) is 62.7 Å². The maximum Gasteiger partial charge on any atom is 0.248 e. The van der Waals surface area contributed by atoms with Crippen LogP contribution in [0.4, 0.5) is 0 Å². The zero-order chi connectivity index (χ0) is 12.2. The largest absolute Gasteiger partial charge is 0.338 e. The molecule has 4 fully saturated rings. The van der Waals surface area contributed by atoms with Gasteiger partial charge in [-0.3, -0.25) is 4.79 Å². The van der Waals surface area contributed by atoms with Crippen LogP contribution in [0, 0.1) is 23.7 Å². The summed E-state index contributed by atoms with van der Waals surface area (Å²) >= 11 is 0. The van der Waals surface area contributed by atoms with Gasteiger partial charge in [-0.15, -0.1) is 0 Å². The highest BCUT2D eigenvalue weighted by molar-refractivity contribution is 5.92. The third kappa shape index (κ3) is 1.73. The fourth-order valence-corrected chi connectivity index (χ4v) is 4.97. The molecular weight excluding hydrogens is 210 g/mol. The number of hydrogen-bond donors (Lipinski definition) is 0. The van der Waals surface area contributed by atoms with Crippen molar-refractivity contribution in [2.24, 2.45) is 23.7 Å². The lowest BCUT2D eigenvalue weighted by Crippen LogP contribution is -2.56. The summed E-state index contributed by atoms with van der Waals surface area (Å²) in [6.07, 6.45) is 6.94. The molecule has 4 bridgehead atoms. The molecule has 0 radical (unpaired) electrons. The maximum atomic E-state index is 12.1. The fraction of sp³-hybridized carbons (Fsp3) is 0.800. The van der Waals surface area contributed by atoms with E-state index in [1.165, 1.54) is 32.1 Å². The smallest absolute Gasteiger partial charge is 0.248 e. The number of nitrogens with zero attached hydrogens (tertiary/aromatic N) is 1. The third-order valence-electron chi connectivity index (χ3n) is 5.31. The van der Waals surface area contributed by atoms with E-state index in [-0.39, 0.29) is 5.91 Å². The molecule has 94 valence electrons. The standard InChI is InChI=1S/C15H23NO/c1-9(2)15(17)16(3)14-12-5-10-4-11(7-12)8-13(14)6-10/h10-14H,1,4-8H2,2-3H3. The predicted molar refractivity (Wildman–Crippen MR) is 68.4 cm³/mol. The van der Waals surface area contributed by atoms with Crippen LogP contribution in [-0.4, -0.2) is 23.9 Å². The second-order valence-corrected chi connectivity index (χ2v) is 6.62. The molecule has 0 aromatic rings. The molecule has 0 aromatic heterocycles. The molecule has 0 aromatic carbocycles. The summed E-state index contributed by atoms with van der Waals surface area (Å²) < 4.78 is 0. The van der Waals surface area contributed by atoms with Crippen LogP contribution < -0.4 is 0 Å². The fourth-order valence-electron chi connectivity index (χ4n) is 4.97. The molecule has 0 heterocycles. The lowest BCUT2D eigenvalue weighted by atomic mass is 9.54. The minimum Gasteiger partial charge on any atom is -0.338 e. The van der Waals surface area contributed by atoms with Gasteiger partial charge in [-0.1, -0.05) is 6.58 Å². The Morgan fingerprint density at radius 3 is 1.94 bits per heavy atom. The van der Waals surface area contributed by atoms with E-state index in [0.29, 0.717) is 11.6 Å². The third-order valence-corrected chi connectivity index (χ3v) is 5.31. The molecule has 4 aliphatic rings. The Kier molecular flexibility index (Phi) is 2.57. The van der Waals surface area contributed by atoms with Crippen molar-refractivity contribution in [1.29, 1.82) is 0 Å². The van der Waals surface area contributed by atoms with Crippen molar-refractivity contribution in [3.63, 3.8) is 0 Å². The average molecular weight is 233 g/mol. The summed E-state index contributed by atoms with van der Waals surface area (Å²) in [6, 6.07) is 0.506. The monoisotopic (exact) mass is 233 g/mol. The highest BCUT2D eigenvalue weighted by Gasteiger charge is 2.50. The maximum absolute atomic E-state index is 12.1. The summed E-state index contributed by atoms with van der Waals surface area (Å²) in [6.45, 7) is 5.63. The summed E-state index contributed by atoms with van der Waals surface area (Å²) in [5.41, 5.74) is 0.682. The van der Waals surface area contributed by atoms with Crippen LogP contribution in [0.3, 0.4) is 0 Å². The predicted octanol–water partition coefficient (Wildman–Crippen LogP) is 2.85. The van der Waals surface area contributed by atoms with E-state index in [1.807, 2.05) is 18.9 Å². The van der Waals surface area contributed by atoms with E-state index < -0.39 is 0 Å². The molecule has 4 saturated carbocycles. The van der Waals surface area contributed by atoms with Crippen molar-refractivity contribution in [2.75, 3.05) is 7.05 Å². The lowest BCUT2D eigenvalue weighted by Gasteiger charge is -2.56. The van der Waals surface area contributed by atoms with Gasteiger partial charge in [0.1, 0.15) is 0 Å². The molecule has 0 saturated heterocycles. The number of likely N-dealkylation sites (N-methyl/N-ethyl adjacent to an activating group) is 1. The molecular formula is C15H23NO. The second kappa shape index (κ2) is 3.86. The van der Waals surface area contributed by atoms with Crippen LogP contribution in [0.25, 0.3) is 0 Å². The van der Waals surface area contributed by atoms with Gasteiger partial charge >= 0.3 is 0 Å². The molecule has 4 aliphatic carbocycles. The van der Waals surface area contributed by atoms with Crippen LogP contribution in [0.1, 0.15) is 39.0 Å². The first-order valence-corrected chi connectivity index (χ1v) is 6.99. The number of hydrogen-bond acceptors (Lipinski definition) is 1. The average Bonchev–Trinajstić information content (AvgIpc) is 2.26. The SMILES string of the molecule is C=C(C)C(=O)N(C)C1C2CC3CC(C2)CC1C3. The van der Waals surface area contributed by atoms with Crippen molar-refractivity contribution < 1.29 is 4.79 Å². The summed E-state index contributed by atoms with van der Waals surface area (Å²) in [7, 11) is 1.99. The number of carbonyl (C=O) groups excluding carboxylic acids is 1. The highest BCUT2D eigenvalue weighted by atomic mass is 16.2. The van der Waals surface area contributed by atoms with Crippen LogP contribution in [0.2, 0.25) is 0 Å². The molecule has 1 amide bonds. The van der Waals surface area contributed by atoms with Crippen molar-refractivity contribution in [2.45, 2.75) is 45.1 Å². The summed E-state index contributed by atoms with van der Waals surface area (Å²) in [5, 5.41) is 0. The second-order valence-electron chi connectivity index (χ2n) is 6.62. The van der Waals surface area contributed by atoms with Crippen LogP contribution in [0.5, 0.6) is 0 Å². The Hall–Kier alpha value is -0.790. The number of rotatable bonds is 2.